The number of carbonyl (C=O) groups is 1. The van der Waals surface area contributed by atoms with Gasteiger partial charge in [0.25, 0.3) is 5.91 Å². The molecule has 148 valence electrons. The quantitative estimate of drug-likeness (QED) is 0.709. The van der Waals surface area contributed by atoms with E-state index in [1.165, 1.54) is 0 Å². The third kappa shape index (κ3) is 2.19. The van der Waals surface area contributed by atoms with Crippen LogP contribution >= 0.6 is 0 Å². The van der Waals surface area contributed by atoms with Crippen molar-refractivity contribution < 1.29 is 14.3 Å². The van der Waals surface area contributed by atoms with E-state index in [1.54, 1.807) is 7.11 Å². The average molecular weight is 397 g/mol. The van der Waals surface area contributed by atoms with Crippen LogP contribution < -0.4 is 14.8 Å². The predicted molar refractivity (Wildman–Crippen MR) is 113 cm³/mol. The second-order valence-corrected chi connectivity index (χ2v) is 7.62. The highest BCUT2D eigenvalue weighted by molar-refractivity contribution is 6.07. The number of hydrazone groups is 1. The van der Waals surface area contributed by atoms with Gasteiger partial charge >= 0.3 is 5.72 Å². The number of nitrogens with one attached hydrogen (secondary N) is 1. The zero-order valence-electron chi connectivity index (χ0n) is 16.3. The normalized spacial score (nSPS) is 23.2. The predicted octanol–water partition coefficient (Wildman–Crippen LogP) is 4.04. The lowest BCUT2D eigenvalue weighted by Crippen LogP contribution is -2.55. The molecule has 2 unspecified atom stereocenters. The van der Waals surface area contributed by atoms with Crippen LogP contribution in [-0.4, -0.2) is 23.7 Å². The van der Waals surface area contributed by atoms with Crippen LogP contribution in [0.25, 0.3) is 0 Å². The summed E-state index contributed by atoms with van der Waals surface area (Å²) in [5.41, 5.74) is 3.18. The molecule has 0 bridgehead atoms. The first-order valence-corrected chi connectivity index (χ1v) is 9.91. The van der Waals surface area contributed by atoms with Gasteiger partial charge in [0.1, 0.15) is 11.5 Å². The maximum atomic E-state index is 13.3. The number of hydrogen-bond acceptors (Lipinski definition) is 5. The molecule has 0 aliphatic carbocycles. The number of nitrogens with zero attached hydrogens (tertiary/aromatic N) is 2. The monoisotopic (exact) mass is 397 g/mol. The molecule has 6 rings (SSSR count). The molecule has 1 spiro atoms. The van der Waals surface area contributed by atoms with Crippen molar-refractivity contribution >= 4 is 17.3 Å². The Morgan fingerprint density at radius 1 is 1.07 bits per heavy atom. The Kier molecular flexibility index (Phi) is 3.47. The van der Waals surface area contributed by atoms with Crippen LogP contribution in [0.3, 0.4) is 0 Å². The van der Waals surface area contributed by atoms with Gasteiger partial charge in [-0.3, -0.25) is 4.79 Å². The van der Waals surface area contributed by atoms with Gasteiger partial charge in [0.15, 0.2) is 0 Å². The summed E-state index contributed by atoms with van der Waals surface area (Å²) in [5.74, 6) is 1.30. The standard InChI is InChI=1S/C24H19N3O3/c1-29-16-12-10-15(11-13-16)20-14-21-17-6-2-5-9-22(17)30-24(27(21)26-20)18-7-3-4-8-19(18)25-23(24)28/h2-13,21H,14H2,1H3,(H,25,28). The van der Waals surface area contributed by atoms with Crippen LogP contribution in [0.5, 0.6) is 11.5 Å². The number of ether oxygens (including phenoxy) is 2. The third-order valence-electron chi connectivity index (χ3n) is 6.04. The molecule has 1 amide bonds. The fraction of sp³-hybridized carbons (Fsp3) is 0.167. The fourth-order valence-electron chi connectivity index (χ4n) is 4.60. The number of rotatable bonds is 2. The van der Waals surface area contributed by atoms with E-state index in [1.807, 2.05) is 77.8 Å². The fourth-order valence-corrected chi connectivity index (χ4v) is 4.60. The molecular formula is C24H19N3O3. The molecule has 3 aromatic rings. The lowest BCUT2D eigenvalue weighted by molar-refractivity contribution is -0.161. The summed E-state index contributed by atoms with van der Waals surface area (Å²) in [6, 6.07) is 23.3. The van der Waals surface area contributed by atoms with Crippen molar-refractivity contribution in [2.24, 2.45) is 5.10 Å². The molecule has 0 radical (unpaired) electrons. The summed E-state index contributed by atoms with van der Waals surface area (Å²) in [6.45, 7) is 0. The van der Waals surface area contributed by atoms with Crippen LogP contribution in [0.4, 0.5) is 5.69 Å². The number of hydrogen-bond donors (Lipinski definition) is 1. The highest BCUT2D eigenvalue weighted by atomic mass is 16.5. The molecule has 1 N–H and O–H groups in total. The zero-order valence-corrected chi connectivity index (χ0v) is 16.3. The van der Waals surface area contributed by atoms with Crippen molar-refractivity contribution in [3.05, 3.63) is 89.5 Å². The topological polar surface area (TPSA) is 63.2 Å². The molecule has 6 nitrogen and oxygen atoms in total. The largest absolute Gasteiger partial charge is 0.497 e. The average Bonchev–Trinajstić information content (AvgIpc) is 3.35. The molecule has 0 saturated heterocycles. The first-order valence-electron chi connectivity index (χ1n) is 9.91. The van der Waals surface area contributed by atoms with Gasteiger partial charge < -0.3 is 14.8 Å². The highest BCUT2D eigenvalue weighted by Gasteiger charge is 2.60. The number of amides is 1. The lowest BCUT2D eigenvalue weighted by Gasteiger charge is -2.43. The lowest BCUT2D eigenvalue weighted by atomic mass is 9.92. The van der Waals surface area contributed by atoms with E-state index in [2.05, 4.69) is 5.32 Å². The minimum Gasteiger partial charge on any atom is -0.497 e. The van der Waals surface area contributed by atoms with Gasteiger partial charge in [-0.1, -0.05) is 36.4 Å². The molecule has 30 heavy (non-hydrogen) atoms. The molecule has 6 heteroatoms. The van der Waals surface area contributed by atoms with Crippen molar-refractivity contribution in [1.82, 2.24) is 5.01 Å². The minimum atomic E-state index is -1.32. The molecule has 3 aliphatic rings. The van der Waals surface area contributed by atoms with E-state index in [0.29, 0.717) is 6.42 Å². The molecule has 3 heterocycles. The Bertz CT molecular complexity index is 1200. The van der Waals surface area contributed by atoms with Gasteiger partial charge in [-0.2, -0.15) is 5.10 Å². The van der Waals surface area contributed by atoms with Crippen molar-refractivity contribution in [3.8, 4) is 11.5 Å². The molecule has 3 aromatic carbocycles. The van der Waals surface area contributed by atoms with Gasteiger partial charge in [0.2, 0.25) is 0 Å². The Morgan fingerprint density at radius 2 is 1.83 bits per heavy atom. The van der Waals surface area contributed by atoms with E-state index in [4.69, 9.17) is 14.6 Å². The number of benzene rings is 3. The van der Waals surface area contributed by atoms with E-state index < -0.39 is 5.72 Å². The Morgan fingerprint density at radius 3 is 2.67 bits per heavy atom. The van der Waals surface area contributed by atoms with E-state index >= 15 is 0 Å². The molecule has 2 atom stereocenters. The Labute approximate surface area is 173 Å². The van der Waals surface area contributed by atoms with Gasteiger partial charge in [0.05, 0.1) is 30.1 Å². The van der Waals surface area contributed by atoms with Gasteiger partial charge in [-0.25, -0.2) is 5.01 Å². The van der Waals surface area contributed by atoms with Crippen LogP contribution in [0.15, 0.2) is 77.9 Å². The van der Waals surface area contributed by atoms with Gasteiger partial charge in [0, 0.05) is 12.0 Å². The maximum absolute atomic E-state index is 13.3. The van der Waals surface area contributed by atoms with Crippen LogP contribution in [0.1, 0.15) is 29.2 Å². The molecule has 0 fully saturated rings. The number of fused-ring (bicyclic) bond motifs is 6. The third-order valence-corrected chi connectivity index (χ3v) is 6.04. The Hall–Kier alpha value is -3.80. The number of carbonyl (C=O) groups excluding carboxylic acids is 1. The van der Waals surface area contributed by atoms with Crippen molar-refractivity contribution in [3.63, 3.8) is 0 Å². The molecular weight excluding hydrogens is 378 g/mol. The minimum absolute atomic E-state index is 0.0936. The maximum Gasteiger partial charge on any atom is 0.306 e. The van der Waals surface area contributed by atoms with E-state index in [9.17, 15) is 4.79 Å². The molecule has 0 saturated carbocycles. The van der Waals surface area contributed by atoms with Crippen molar-refractivity contribution in [1.29, 1.82) is 0 Å². The van der Waals surface area contributed by atoms with E-state index in [0.717, 1.165) is 39.6 Å². The smallest absolute Gasteiger partial charge is 0.306 e. The summed E-state index contributed by atoms with van der Waals surface area (Å²) in [7, 11) is 1.65. The summed E-state index contributed by atoms with van der Waals surface area (Å²) in [4.78, 5) is 13.3. The van der Waals surface area contributed by atoms with Gasteiger partial charge in [-0.05, 0) is 42.0 Å². The molecule has 3 aliphatic heterocycles. The zero-order chi connectivity index (χ0) is 20.3. The Balaban J connectivity index is 1.53. The summed E-state index contributed by atoms with van der Waals surface area (Å²) >= 11 is 0. The van der Waals surface area contributed by atoms with Crippen LogP contribution in [-0.2, 0) is 10.5 Å². The van der Waals surface area contributed by atoms with Crippen molar-refractivity contribution in [2.45, 2.75) is 18.2 Å². The first kappa shape index (κ1) is 17.1. The van der Waals surface area contributed by atoms with Crippen molar-refractivity contribution in [2.75, 3.05) is 12.4 Å². The summed E-state index contributed by atoms with van der Waals surface area (Å²) in [5, 5.41) is 9.77. The van der Waals surface area contributed by atoms with Crippen LogP contribution in [0, 0.1) is 0 Å². The summed E-state index contributed by atoms with van der Waals surface area (Å²) in [6.07, 6.45) is 0.684. The number of para-hydroxylation sites is 2. The second-order valence-electron chi connectivity index (χ2n) is 7.62. The van der Waals surface area contributed by atoms with Gasteiger partial charge in [-0.15, -0.1) is 0 Å². The summed E-state index contributed by atoms with van der Waals surface area (Å²) < 4.78 is 11.7. The molecule has 0 aromatic heterocycles. The first-order chi connectivity index (χ1) is 14.7. The SMILES string of the molecule is COc1ccc(C2=NN3C(C2)c2ccccc2OC32C(=O)Nc3ccccc32)cc1. The second kappa shape index (κ2) is 6.10. The number of anilines is 1. The number of methoxy groups -OCH3 is 1. The highest BCUT2D eigenvalue weighted by Crippen LogP contribution is 2.53. The van der Waals surface area contributed by atoms with E-state index in [-0.39, 0.29) is 11.9 Å². The van der Waals surface area contributed by atoms with Crippen LogP contribution in [0.2, 0.25) is 0 Å².